The van der Waals surface area contributed by atoms with E-state index in [0.29, 0.717) is 6.07 Å². The number of rotatable bonds is 5. The van der Waals surface area contributed by atoms with Crippen LogP contribution in [0.2, 0.25) is 0 Å². The summed E-state index contributed by atoms with van der Waals surface area (Å²) in [6.07, 6.45) is -12.7. The van der Waals surface area contributed by atoms with Gasteiger partial charge in [-0.1, -0.05) is 22.0 Å². The number of benzene rings is 2. The van der Waals surface area contributed by atoms with Gasteiger partial charge in [-0.05, 0) is 86.4 Å². The number of nitrogens with zero attached hydrogens (tertiary/aromatic N) is 1. The molecule has 1 aliphatic heterocycles. The maximum Gasteiger partial charge on any atom is 0.435 e. The van der Waals surface area contributed by atoms with Crippen molar-refractivity contribution in [2.45, 2.75) is 78.7 Å². The maximum atomic E-state index is 15.2. The molecule has 2 fully saturated rings. The highest BCUT2D eigenvalue weighted by molar-refractivity contribution is 9.10. The van der Waals surface area contributed by atoms with Gasteiger partial charge in [-0.3, -0.25) is 9.59 Å². The van der Waals surface area contributed by atoms with E-state index in [1.54, 1.807) is 0 Å². The van der Waals surface area contributed by atoms with Crippen molar-refractivity contribution >= 4 is 37.6 Å². The number of carboxylic acid groups (broad SMARTS) is 1. The van der Waals surface area contributed by atoms with Crippen LogP contribution in [0.5, 0.6) is 0 Å². The Morgan fingerprint density at radius 3 is 1.98 bits per heavy atom. The van der Waals surface area contributed by atoms with Gasteiger partial charge in [0.15, 0.2) is 9.84 Å². The lowest BCUT2D eigenvalue weighted by molar-refractivity contribution is -0.349. The molecule has 6 nitrogen and oxygen atoms in total. The summed E-state index contributed by atoms with van der Waals surface area (Å²) in [7, 11) is -4.63. The van der Waals surface area contributed by atoms with Crippen molar-refractivity contribution in [3.8, 4) is 0 Å². The number of amides is 1. The molecular formula is C29H26BrF8NO5S. The molecule has 1 heterocycles. The fourth-order valence-electron chi connectivity index (χ4n) is 7.17. The number of aryl methyl sites for hydroxylation is 1. The summed E-state index contributed by atoms with van der Waals surface area (Å²) in [5.41, 5.74) is -8.01. The van der Waals surface area contributed by atoms with Crippen molar-refractivity contribution in [1.82, 2.24) is 4.90 Å². The number of aliphatic carboxylic acids is 1. The molecule has 1 saturated heterocycles. The van der Waals surface area contributed by atoms with Gasteiger partial charge in [0.05, 0.1) is 16.9 Å². The quantitative estimate of drug-likeness (QED) is 0.265. The van der Waals surface area contributed by atoms with Gasteiger partial charge in [0.1, 0.15) is 10.6 Å². The van der Waals surface area contributed by atoms with Crippen LogP contribution in [0.4, 0.5) is 35.1 Å². The van der Waals surface area contributed by atoms with Gasteiger partial charge in [0.25, 0.3) is 0 Å². The van der Waals surface area contributed by atoms with E-state index >= 15 is 4.39 Å². The van der Waals surface area contributed by atoms with Crippen LogP contribution >= 0.6 is 15.9 Å². The smallest absolute Gasteiger partial charge is 0.435 e. The van der Waals surface area contributed by atoms with Gasteiger partial charge in [-0.15, -0.1) is 0 Å². The van der Waals surface area contributed by atoms with Crippen LogP contribution in [0, 0.1) is 17.7 Å². The number of fused-ring (bicyclic) bond motifs is 3. The predicted molar refractivity (Wildman–Crippen MR) is 146 cm³/mol. The Labute approximate surface area is 260 Å². The zero-order valence-electron chi connectivity index (χ0n) is 23.2. The lowest BCUT2D eigenvalue weighted by Gasteiger charge is -2.44. The summed E-state index contributed by atoms with van der Waals surface area (Å²) < 4.78 is 137. The third-order valence-corrected chi connectivity index (χ3v) is 12.6. The number of carboxylic acids is 1. The second-order valence-electron chi connectivity index (χ2n) is 11.7. The molecule has 246 valence electrons. The SMILES string of the molecule is O=C(O)[C@H]1CC[C@H](C(=O)N2CC[C@]3(S(=O)(=O)c4ccc(F)cc4)c4cc(Br)c(C(F)(C(F)(F)F)C(F)(F)F)cc4CC[C@H]23)CC1. The van der Waals surface area contributed by atoms with Gasteiger partial charge in [0.2, 0.25) is 5.91 Å². The van der Waals surface area contributed by atoms with Crippen LogP contribution < -0.4 is 0 Å². The molecule has 2 aliphatic carbocycles. The van der Waals surface area contributed by atoms with Crippen molar-refractivity contribution in [3.63, 3.8) is 0 Å². The summed E-state index contributed by atoms with van der Waals surface area (Å²) in [6.45, 7) is -0.139. The molecular weight excluding hydrogens is 706 g/mol. The van der Waals surface area contributed by atoms with Crippen LogP contribution in [0.15, 0.2) is 45.8 Å². The van der Waals surface area contributed by atoms with Crippen LogP contribution in [0.3, 0.4) is 0 Å². The average Bonchev–Trinajstić information content (AvgIpc) is 3.37. The van der Waals surface area contributed by atoms with Gasteiger partial charge in [0, 0.05) is 22.5 Å². The van der Waals surface area contributed by atoms with E-state index in [0.717, 1.165) is 30.3 Å². The van der Waals surface area contributed by atoms with Crippen molar-refractivity contribution in [2.24, 2.45) is 11.8 Å². The third kappa shape index (κ3) is 5.13. The van der Waals surface area contributed by atoms with E-state index in [-0.39, 0.29) is 67.5 Å². The minimum atomic E-state index is -6.41. The zero-order valence-corrected chi connectivity index (χ0v) is 25.6. The molecule has 2 aromatic carbocycles. The summed E-state index contributed by atoms with van der Waals surface area (Å²) >= 11 is 2.66. The Hall–Kier alpha value is -2.75. The molecule has 0 bridgehead atoms. The monoisotopic (exact) mass is 731 g/mol. The molecule has 0 aromatic heterocycles. The van der Waals surface area contributed by atoms with Crippen LogP contribution in [0.25, 0.3) is 0 Å². The number of halogens is 9. The van der Waals surface area contributed by atoms with Crippen molar-refractivity contribution in [3.05, 3.63) is 63.4 Å². The highest BCUT2D eigenvalue weighted by Gasteiger charge is 2.74. The molecule has 2 aromatic rings. The Kier molecular flexibility index (Phi) is 8.36. The Morgan fingerprint density at radius 2 is 1.44 bits per heavy atom. The van der Waals surface area contributed by atoms with E-state index in [1.807, 2.05) is 0 Å². The van der Waals surface area contributed by atoms with Gasteiger partial charge in [-0.25, -0.2) is 17.2 Å². The fraction of sp³-hybridized carbons (Fsp3) is 0.517. The molecule has 0 unspecified atom stereocenters. The molecule has 0 radical (unpaired) electrons. The molecule has 16 heteroatoms. The Balaban J connectivity index is 1.66. The number of alkyl halides is 7. The highest BCUT2D eigenvalue weighted by atomic mass is 79.9. The first-order valence-electron chi connectivity index (χ1n) is 14.0. The summed E-state index contributed by atoms with van der Waals surface area (Å²) in [6, 6.07) is 3.74. The predicted octanol–water partition coefficient (Wildman–Crippen LogP) is 6.98. The topological polar surface area (TPSA) is 91.8 Å². The van der Waals surface area contributed by atoms with E-state index in [4.69, 9.17) is 0 Å². The van der Waals surface area contributed by atoms with Crippen LogP contribution in [-0.4, -0.2) is 55.2 Å². The standard InChI is InChI=1S/C29H26BrF8NO5S/c30-22-14-20-17(13-21(22)27(32,28(33,34)35)29(36,37)38)5-10-23-26(20,45(43,44)19-8-6-18(31)7-9-19)11-12-39(23)24(40)15-1-3-16(4-2-15)25(41)42/h6-9,13-16,23H,1-5,10-12H2,(H,41,42)/t15-,16-,23-,26-/m0/s1. The first-order chi connectivity index (χ1) is 20.8. The highest BCUT2D eigenvalue weighted by Crippen LogP contribution is 2.58. The number of carbonyl (C=O) groups excluding carboxylic acids is 1. The van der Waals surface area contributed by atoms with Crippen molar-refractivity contribution in [1.29, 1.82) is 0 Å². The van der Waals surface area contributed by atoms with Crippen LogP contribution in [-0.2, 0) is 36.3 Å². The second-order valence-corrected chi connectivity index (χ2v) is 14.8. The Bertz CT molecular complexity index is 1610. The van der Waals surface area contributed by atoms with Gasteiger partial charge < -0.3 is 10.0 Å². The van der Waals surface area contributed by atoms with Gasteiger partial charge in [-0.2, -0.15) is 26.3 Å². The molecule has 5 rings (SSSR count). The minimum absolute atomic E-state index is 0.139. The lowest BCUT2D eigenvalue weighted by Crippen LogP contribution is -2.54. The van der Waals surface area contributed by atoms with E-state index in [1.165, 1.54) is 4.90 Å². The minimum Gasteiger partial charge on any atom is -0.481 e. The summed E-state index contributed by atoms with van der Waals surface area (Å²) in [4.78, 5) is 26.1. The molecule has 45 heavy (non-hydrogen) atoms. The third-order valence-electron chi connectivity index (χ3n) is 9.44. The largest absolute Gasteiger partial charge is 0.481 e. The fourth-order valence-corrected chi connectivity index (χ4v) is 10.1. The van der Waals surface area contributed by atoms with E-state index < -0.39 is 78.2 Å². The number of hydrogen-bond acceptors (Lipinski definition) is 4. The normalized spacial score (nSPS) is 25.9. The first kappa shape index (κ1) is 33.6. The van der Waals surface area contributed by atoms with Crippen molar-refractivity contribution < 1.29 is 58.2 Å². The molecule has 1 saturated carbocycles. The molecule has 2 atom stereocenters. The molecule has 0 spiro atoms. The van der Waals surface area contributed by atoms with Crippen LogP contribution in [0.1, 0.15) is 55.2 Å². The van der Waals surface area contributed by atoms with Crippen molar-refractivity contribution in [2.75, 3.05) is 6.54 Å². The first-order valence-corrected chi connectivity index (χ1v) is 16.2. The number of sulfone groups is 1. The maximum absolute atomic E-state index is 15.2. The molecule has 1 amide bonds. The lowest BCUT2D eigenvalue weighted by atomic mass is 9.76. The number of likely N-dealkylation sites (tertiary alicyclic amines) is 1. The molecule has 1 N–H and O–H groups in total. The summed E-state index contributed by atoms with van der Waals surface area (Å²) in [5.74, 6) is -3.44. The zero-order chi connectivity index (χ0) is 33.3. The number of carbonyl (C=O) groups is 2. The average molecular weight is 732 g/mol. The molecule has 3 aliphatic rings. The van der Waals surface area contributed by atoms with Gasteiger partial charge >= 0.3 is 24.0 Å². The Morgan fingerprint density at radius 1 is 0.889 bits per heavy atom. The number of hydrogen-bond donors (Lipinski definition) is 1. The van der Waals surface area contributed by atoms with E-state index in [9.17, 15) is 53.8 Å². The summed E-state index contributed by atoms with van der Waals surface area (Å²) in [5, 5.41) is 9.31. The van der Waals surface area contributed by atoms with E-state index in [2.05, 4.69) is 15.9 Å². The second kappa shape index (κ2) is 11.2.